The summed E-state index contributed by atoms with van der Waals surface area (Å²) < 4.78 is 10.6. The third-order valence-electron chi connectivity index (χ3n) is 3.50. The number of amides is 2. The van der Waals surface area contributed by atoms with Crippen LogP contribution in [-0.2, 0) is 20.9 Å². The SMILES string of the molecule is O=C1COC(c2ccc(Cl)cc2Cl)N1C(=O)OCc1ccccc1. The van der Waals surface area contributed by atoms with Crippen molar-refractivity contribution in [2.24, 2.45) is 0 Å². The normalized spacial score (nSPS) is 17.2. The van der Waals surface area contributed by atoms with Crippen LogP contribution in [0.5, 0.6) is 0 Å². The molecular weight excluding hydrogens is 353 g/mol. The van der Waals surface area contributed by atoms with Crippen molar-refractivity contribution in [3.8, 4) is 0 Å². The molecule has 1 saturated heterocycles. The molecule has 1 fully saturated rings. The van der Waals surface area contributed by atoms with E-state index in [2.05, 4.69) is 0 Å². The first-order valence-corrected chi connectivity index (χ1v) is 7.91. The summed E-state index contributed by atoms with van der Waals surface area (Å²) in [5.74, 6) is -0.482. The lowest BCUT2D eigenvalue weighted by Gasteiger charge is -2.22. The largest absolute Gasteiger partial charge is 0.444 e. The van der Waals surface area contributed by atoms with E-state index in [1.54, 1.807) is 12.1 Å². The molecule has 124 valence electrons. The zero-order valence-electron chi connectivity index (χ0n) is 12.4. The fourth-order valence-electron chi connectivity index (χ4n) is 2.34. The summed E-state index contributed by atoms with van der Waals surface area (Å²) >= 11 is 12.0. The number of carbonyl (C=O) groups excluding carboxylic acids is 2. The lowest BCUT2D eigenvalue weighted by Crippen LogP contribution is -2.35. The summed E-state index contributed by atoms with van der Waals surface area (Å²) in [5.41, 5.74) is 1.29. The van der Waals surface area contributed by atoms with E-state index in [0.717, 1.165) is 10.5 Å². The standard InChI is InChI=1S/C17H13Cl2NO4/c18-12-6-7-13(14(19)8-12)16-20(15(21)10-23-16)17(22)24-9-11-4-2-1-3-5-11/h1-8,16H,9-10H2. The van der Waals surface area contributed by atoms with Crippen molar-refractivity contribution < 1.29 is 19.1 Å². The minimum atomic E-state index is -0.925. The summed E-state index contributed by atoms with van der Waals surface area (Å²) in [5, 5.41) is 0.759. The first-order valence-electron chi connectivity index (χ1n) is 7.15. The molecule has 0 N–H and O–H groups in total. The van der Waals surface area contributed by atoms with Crippen molar-refractivity contribution in [3.05, 3.63) is 69.7 Å². The number of halogens is 2. The van der Waals surface area contributed by atoms with Gasteiger partial charge in [0, 0.05) is 15.6 Å². The van der Waals surface area contributed by atoms with Gasteiger partial charge in [-0.1, -0.05) is 59.6 Å². The first-order chi connectivity index (χ1) is 11.6. The van der Waals surface area contributed by atoms with Crippen LogP contribution in [-0.4, -0.2) is 23.5 Å². The minimum absolute atomic E-state index is 0.0600. The van der Waals surface area contributed by atoms with E-state index in [-0.39, 0.29) is 13.2 Å². The molecule has 0 saturated carbocycles. The van der Waals surface area contributed by atoms with Gasteiger partial charge in [-0.3, -0.25) is 4.79 Å². The lowest BCUT2D eigenvalue weighted by molar-refractivity contribution is -0.126. The number of hydrogen-bond donors (Lipinski definition) is 0. The molecule has 1 unspecified atom stereocenters. The third-order valence-corrected chi connectivity index (χ3v) is 4.06. The average molecular weight is 366 g/mol. The van der Waals surface area contributed by atoms with Crippen molar-refractivity contribution in [3.63, 3.8) is 0 Å². The molecule has 0 bridgehead atoms. The molecule has 1 heterocycles. The molecule has 0 aliphatic carbocycles. The van der Waals surface area contributed by atoms with Crippen LogP contribution >= 0.6 is 23.2 Å². The van der Waals surface area contributed by atoms with Crippen molar-refractivity contribution in [2.45, 2.75) is 12.8 Å². The molecule has 0 spiro atoms. The topological polar surface area (TPSA) is 55.8 Å². The van der Waals surface area contributed by atoms with Gasteiger partial charge in [-0.15, -0.1) is 0 Å². The maximum absolute atomic E-state index is 12.3. The predicted molar refractivity (Wildman–Crippen MR) is 88.6 cm³/mol. The Morgan fingerprint density at radius 2 is 1.96 bits per heavy atom. The van der Waals surface area contributed by atoms with Crippen molar-refractivity contribution in [1.29, 1.82) is 0 Å². The summed E-state index contributed by atoms with van der Waals surface area (Å²) in [6, 6.07) is 13.9. The molecule has 2 amide bonds. The Morgan fingerprint density at radius 3 is 2.67 bits per heavy atom. The highest BCUT2D eigenvalue weighted by atomic mass is 35.5. The second-order valence-electron chi connectivity index (χ2n) is 5.13. The van der Waals surface area contributed by atoms with Crippen molar-refractivity contribution >= 4 is 35.2 Å². The smallest absolute Gasteiger partial charge is 0.419 e. The summed E-state index contributed by atoms with van der Waals surface area (Å²) in [6.07, 6.45) is -1.71. The quantitative estimate of drug-likeness (QED) is 0.818. The number of ether oxygens (including phenoxy) is 2. The maximum atomic E-state index is 12.3. The van der Waals surface area contributed by atoms with Crippen LogP contribution in [0, 0.1) is 0 Å². The second kappa shape index (κ2) is 7.21. The Balaban J connectivity index is 1.76. The molecule has 5 nitrogen and oxygen atoms in total. The maximum Gasteiger partial charge on any atom is 0.419 e. The van der Waals surface area contributed by atoms with E-state index < -0.39 is 18.2 Å². The van der Waals surface area contributed by atoms with E-state index in [1.807, 2.05) is 30.3 Å². The molecule has 7 heteroatoms. The molecular formula is C17H13Cl2NO4. The van der Waals surface area contributed by atoms with E-state index in [4.69, 9.17) is 32.7 Å². The van der Waals surface area contributed by atoms with Crippen LogP contribution in [0.15, 0.2) is 48.5 Å². The molecule has 0 aromatic heterocycles. The second-order valence-corrected chi connectivity index (χ2v) is 5.98. The number of imide groups is 1. The van der Waals surface area contributed by atoms with Crippen LogP contribution in [0.1, 0.15) is 17.4 Å². The van der Waals surface area contributed by atoms with Crippen molar-refractivity contribution in [1.82, 2.24) is 4.90 Å². The van der Waals surface area contributed by atoms with Gasteiger partial charge in [0.05, 0.1) is 0 Å². The molecule has 1 aliphatic rings. The first kappa shape index (κ1) is 16.8. The van der Waals surface area contributed by atoms with Gasteiger partial charge in [-0.2, -0.15) is 0 Å². The number of hydrogen-bond acceptors (Lipinski definition) is 4. The zero-order valence-corrected chi connectivity index (χ0v) is 14.0. The fourth-order valence-corrected chi connectivity index (χ4v) is 2.84. The van der Waals surface area contributed by atoms with Crippen LogP contribution in [0.4, 0.5) is 4.79 Å². The Hall–Kier alpha value is -2.08. The molecule has 0 radical (unpaired) electrons. The van der Waals surface area contributed by atoms with E-state index in [9.17, 15) is 9.59 Å². The van der Waals surface area contributed by atoms with Crippen molar-refractivity contribution in [2.75, 3.05) is 6.61 Å². The van der Waals surface area contributed by atoms with E-state index in [0.29, 0.717) is 15.6 Å². The molecule has 3 rings (SSSR count). The highest BCUT2D eigenvalue weighted by Crippen LogP contribution is 2.34. The highest BCUT2D eigenvalue weighted by Gasteiger charge is 2.40. The van der Waals surface area contributed by atoms with Crippen LogP contribution in [0.2, 0.25) is 10.0 Å². The number of carbonyl (C=O) groups is 2. The van der Waals surface area contributed by atoms with Gasteiger partial charge < -0.3 is 9.47 Å². The Kier molecular flexibility index (Phi) is 5.04. The zero-order chi connectivity index (χ0) is 17.1. The number of benzene rings is 2. The van der Waals surface area contributed by atoms with Gasteiger partial charge in [0.2, 0.25) is 0 Å². The third kappa shape index (κ3) is 3.53. The minimum Gasteiger partial charge on any atom is -0.444 e. The summed E-state index contributed by atoms with van der Waals surface area (Å²) in [6.45, 7) is -0.158. The van der Waals surface area contributed by atoms with Gasteiger partial charge in [0.1, 0.15) is 13.2 Å². The van der Waals surface area contributed by atoms with E-state index in [1.165, 1.54) is 6.07 Å². The van der Waals surface area contributed by atoms with Crippen LogP contribution in [0.3, 0.4) is 0 Å². The van der Waals surface area contributed by atoms with Gasteiger partial charge in [0.15, 0.2) is 6.23 Å². The van der Waals surface area contributed by atoms with Gasteiger partial charge in [-0.05, 0) is 17.7 Å². The Labute approximate surface area is 148 Å². The Morgan fingerprint density at radius 1 is 1.21 bits per heavy atom. The monoisotopic (exact) mass is 365 g/mol. The predicted octanol–water partition coefficient (Wildman–Crippen LogP) is 4.19. The van der Waals surface area contributed by atoms with Crippen LogP contribution in [0.25, 0.3) is 0 Å². The number of rotatable bonds is 3. The van der Waals surface area contributed by atoms with Gasteiger partial charge >= 0.3 is 6.09 Å². The molecule has 2 aromatic rings. The summed E-state index contributed by atoms with van der Waals surface area (Å²) in [7, 11) is 0. The highest BCUT2D eigenvalue weighted by molar-refractivity contribution is 6.35. The Bertz CT molecular complexity index is 766. The summed E-state index contributed by atoms with van der Waals surface area (Å²) in [4.78, 5) is 25.3. The van der Waals surface area contributed by atoms with Gasteiger partial charge in [0.25, 0.3) is 5.91 Å². The lowest BCUT2D eigenvalue weighted by atomic mass is 10.2. The molecule has 2 aromatic carbocycles. The average Bonchev–Trinajstić information content (AvgIpc) is 2.95. The van der Waals surface area contributed by atoms with Crippen LogP contribution < -0.4 is 0 Å². The van der Waals surface area contributed by atoms with E-state index >= 15 is 0 Å². The molecule has 1 atom stereocenters. The molecule has 24 heavy (non-hydrogen) atoms. The van der Waals surface area contributed by atoms with Gasteiger partial charge in [-0.25, -0.2) is 9.69 Å². The number of nitrogens with zero attached hydrogens (tertiary/aromatic N) is 1. The fraction of sp³-hybridized carbons (Fsp3) is 0.176. The molecule has 1 aliphatic heterocycles.